The smallest absolute Gasteiger partial charge is 0.417 e. The molecule has 0 heterocycles. The van der Waals surface area contributed by atoms with Gasteiger partial charge in [-0.25, -0.2) is 0 Å². The quantitative estimate of drug-likeness (QED) is 0.348. The van der Waals surface area contributed by atoms with Crippen molar-refractivity contribution < 1.29 is 20.6 Å². The van der Waals surface area contributed by atoms with Gasteiger partial charge in [-0.1, -0.05) is 6.92 Å². The molecule has 0 rings (SSSR count). The molecule has 0 aromatic heterocycles. The lowest BCUT2D eigenvalue weighted by Gasteiger charge is -2.45. The van der Waals surface area contributed by atoms with Crippen LogP contribution in [0.3, 0.4) is 0 Å². The van der Waals surface area contributed by atoms with E-state index in [1.165, 1.54) is 0 Å². The van der Waals surface area contributed by atoms with Gasteiger partial charge in [0, 0.05) is 12.6 Å². The average molecular weight is 473 g/mol. The molecule has 0 aliphatic heterocycles. The fraction of sp³-hybridized carbons (Fsp3) is 1.00. The molecule has 5 nitrogen and oxygen atoms in total. The number of rotatable bonds is 11. The monoisotopic (exact) mass is 472 g/mol. The highest BCUT2D eigenvalue weighted by Crippen LogP contribution is 2.32. The Morgan fingerprint density at radius 2 is 0.692 bits per heavy atom. The Bertz CT molecular complexity index is 415. The van der Waals surface area contributed by atoms with E-state index in [1.54, 1.807) is 0 Å². The first kappa shape index (κ1) is 27.1. The maximum Gasteiger partial charge on any atom is 0.472 e. The molecule has 0 fully saturated rings. The molecule has 0 spiro atoms. The van der Waals surface area contributed by atoms with Crippen LogP contribution in [0.2, 0.25) is 91.2 Å². The van der Waals surface area contributed by atoms with Gasteiger partial charge in [-0.3, -0.25) is 0 Å². The molecule has 0 N–H and O–H groups in total. The molecule has 26 heavy (non-hydrogen) atoms. The van der Waals surface area contributed by atoms with Crippen molar-refractivity contribution in [1.29, 1.82) is 0 Å². The highest BCUT2D eigenvalue weighted by Gasteiger charge is 2.55. The van der Waals surface area contributed by atoms with Crippen LogP contribution in [0.1, 0.15) is 6.92 Å². The van der Waals surface area contributed by atoms with E-state index >= 15 is 0 Å². The van der Waals surface area contributed by atoms with Gasteiger partial charge in [-0.15, -0.1) is 0 Å². The summed E-state index contributed by atoms with van der Waals surface area (Å²) in [6.45, 7) is 30.4. The SMILES string of the molecule is CC[Si](O[Si](C)(C)C)(O[Si](C)(C)C)O[Si](C)(O[Si](C)(C)C)O[Si](C)(C)C. The lowest BCUT2D eigenvalue weighted by atomic mass is 11.0. The van der Waals surface area contributed by atoms with Gasteiger partial charge in [0.15, 0.2) is 33.3 Å². The van der Waals surface area contributed by atoms with Gasteiger partial charge in [-0.05, 0) is 78.6 Å². The van der Waals surface area contributed by atoms with Crippen molar-refractivity contribution in [2.24, 2.45) is 0 Å². The van der Waals surface area contributed by atoms with Crippen LogP contribution in [0, 0.1) is 0 Å². The van der Waals surface area contributed by atoms with Crippen molar-refractivity contribution in [1.82, 2.24) is 0 Å². The van der Waals surface area contributed by atoms with Gasteiger partial charge >= 0.3 is 17.6 Å². The minimum absolute atomic E-state index is 0.744. The van der Waals surface area contributed by atoms with Gasteiger partial charge in [0.2, 0.25) is 0 Å². The summed E-state index contributed by atoms with van der Waals surface area (Å²) < 4.78 is 33.2. The summed E-state index contributed by atoms with van der Waals surface area (Å²) in [5.74, 6) is 0. The Morgan fingerprint density at radius 3 is 0.885 bits per heavy atom. The van der Waals surface area contributed by atoms with E-state index in [0.717, 1.165) is 6.04 Å². The molecule has 0 radical (unpaired) electrons. The van der Waals surface area contributed by atoms with E-state index in [4.69, 9.17) is 20.6 Å². The maximum atomic E-state index is 6.81. The lowest BCUT2D eigenvalue weighted by Crippen LogP contribution is -2.65. The van der Waals surface area contributed by atoms with Crippen LogP contribution in [0.25, 0.3) is 0 Å². The Hall–Kier alpha value is 1.10. The summed E-state index contributed by atoms with van der Waals surface area (Å²) in [5, 5.41) is 0. The normalized spacial score (nSPS) is 15.5. The van der Waals surface area contributed by atoms with Crippen molar-refractivity contribution in [3.8, 4) is 0 Å². The van der Waals surface area contributed by atoms with Gasteiger partial charge in [0.25, 0.3) is 0 Å². The van der Waals surface area contributed by atoms with E-state index in [2.05, 4.69) is 85.5 Å². The Kier molecular flexibility index (Phi) is 9.23. The molecular formula is C15H44O5Si6. The molecule has 0 bridgehead atoms. The topological polar surface area (TPSA) is 46.2 Å². The van der Waals surface area contributed by atoms with Crippen molar-refractivity contribution in [2.75, 3.05) is 0 Å². The van der Waals surface area contributed by atoms with Crippen molar-refractivity contribution in [3.05, 3.63) is 0 Å². The number of hydrogen-bond donors (Lipinski definition) is 0. The molecule has 0 aliphatic carbocycles. The second-order valence-corrected chi connectivity index (χ2v) is 35.6. The fourth-order valence-corrected chi connectivity index (χ4v) is 26.3. The van der Waals surface area contributed by atoms with E-state index in [9.17, 15) is 0 Å². The summed E-state index contributed by atoms with van der Waals surface area (Å²) in [6, 6.07) is 0.744. The van der Waals surface area contributed by atoms with Crippen LogP contribution in [-0.2, 0) is 20.6 Å². The molecule has 158 valence electrons. The van der Waals surface area contributed by atoms with Crippen LogP contribution in [0.4, 0.5) is 0 Å². The highest BCUT2D eigenvalue weighted by atomic mass is 28.5. The molecule has 0 saturated heterocycles. The summed E-state index contributed by atoms with van der Waals surface area (Å²) in [7, 11) is -13.2. The summed E-state index contributed by atoms with van der Waals surface area (Å²) >= 11 is 0. The van der Waals surface area contributed by atoms with Crippen LogP contribution in [0.5, 0.6) is 0 Å². The van der Waals surface area contributed by atoms with E-state index in [-0.39, 0.29) is 0 Å². The third-order valence-electron chi connectivity index (χ3n) is 2.68. The molecule has 0 aromatic carbocycles. The van der Waals surface area contributed by atoms with Crippen LogP contribution in [-0.4, -0.2) is 50.9 Å². The van der Waals surface area contributed by atoms with Crippen molar-refractivity contribution >= 4 is 50.9 Å². The third kappa shape index (κ3) is 12.5. The molecule has 11 heteroatoms. The largest absolute Gasteiger partial charge is 0.472 e. The van der Waals surface area contributed by atoms with Crippen LogP contribution >= 0.6 is 0 Å². The molecular weight excluding hydrogens is 429 g/mol. The van der Waals surface area contributed by atoms with Gasteiger partial charge in [0.1, 0.15) is 0 Å². The van der Waals surface area contributed by atoms with Crippen molar-refractivity contribution in [3.63, 3.8) is 0 Å². The first-order valence-corrected chi connectivity index (χ1v) is 27.4. The minimum Gasteiger partial charge on any atom is -0.417 e. The van der Waals surface area contributed by atoms with Gasteiger partial charge < -0.3 is 20.6 Å². The van der Waals surface area contributed by atoms with Gasteiger partial charge in [-0.2, -0.15) is 0 Å². The van der Waals surface area contributed by atoms with E-state index < -0.39 is 50.9 Å². The molecule has 0 saturated carbocycles. The molecule has 0 aliphatic rings. The van der Waals surface area contributed by atoms with E-state index in [1.807, 2.05) is 6.55 Å². The Morgan fingerprint density at radius 1 is 0.423 bits per heavy atom. The van der Waals surface area contributed by atoms with Crippen LogP contribution in [0.15, 0.2) is 0 Å². The second kappa shape index (κ2) is 8.85. The minimum atomic E-state index is -2.90. The lowest BCUT2D eigenvalue weighted by molar-refractivity contribution is 0.180. The predicted molar refractivity (Wildman–Crippen MR) is 127 cm³/mol. The first-order chi connectivity index (χ1) is 11.1. The summed E-state index contributed by atoms with van der Waals surface area (Å²) in [5.41, 5.74) is 0. The van der Waals surface area contributed by atoms with Gasteiger partial charge in [0.05, 0.1) is 0 Å². The molecule has 0 amide bonds. The summed E-state index contributed by atoms with van der Waals surface area (Å²) in [6.07, 6.45) is 0. The molecule has 0 atom stereocenters. The first-order valence-electron chi connectivity index (χ1n) is 9.60. The maximum absolute atomic E-state index is 6.81. The predicted octanol–water partition coefficient (Wildman–Crippen LogP) is 5.94. The van der Waals surface area contributed by atoms with Crippen molar-refractivity contribution in [2.45, 2.75) is 98.1 Å². The van der Waals surface area contributed by atoms with E-state index in [0.29, 0.717) is 0 Å². The zero-order valence-corrected chi connectivity index (χ0v) is 25.7. The molecule has 0 aromatic rings. The number of hydrogen-bond acceptors (Lipinski definition) is 5. The Balaban J connectivity index is 6.01. The third-order valence-corrected chi connectivity index (χ3v) is 21.5. The second-order valence-electron chi connectivity index (χ2n) is 10.9. The Labute approximate surface area is 169 Å². The zero-order valence-electron chi connectivity index (χ0n) is 19.7. The standard InChI is InChI=1S/C15H44O5Si6/c1-15-26(18-23(8,9)10,19-24(11,12)13)20-25(14,16-21(2,3)4)17-22(5,6)7/h15H2,1-14H3. The summed E-state index contributed by atoms with van der Waals surface area (Å²) in [4.78, 5) is 0. The highest BCUT2D eigenvalue weighted by molar-refractivity contribution is 6.92. The fourth-order valence-electron chi connectivity index (χ4n) is 2.67. The van der Waals surface area contributed by atoms with Crippen LogP contribution < -0.4 is 0 Å². The molecule has 0 unspecified atom stereocenters. The average Bonchev–Trinajstić information content (AvgIpc) is 2.16. The zero-order chi connectivity index (χ0) is 21.2.